The zero-order valence-electron chi connectivity index (χ0n) is 17.5. The zero-order chi connectivity index (χ0) is 23.4. The van der Waals surface area contributed by atoms with Crippen LogP contribution in [-0.2, 0) is 4.79 Å². The summed E-state index contributed by atoms with van der Waals surface area (Å²) in [6.07, 6.45) is 1.45. The Bertz CT molecular complexity index is 1200. The van der Waals surface area contributed by atoms with Crippen molar-refractivity contribution < 1.29 is 14.3 Å². The third-order valence-corrected chi connectivity index (χ3v) is 6.78. The van der Waals surface area contributed by atoms with E-state index in [0.717, 1.165) is 17.0 Å². The van der Waals surface area contributed by atoms with E-state index in [1.54, 1.807) is 66.2 Å². The minimum Gasteiger partial charge on any atom is -0.497 e. The second kappa shape index (κ2) is 10.3. The predicted molar refractivity (Wildman–Crippen MR) is 134 cm³/mol. The summed E-state index contributed by atoms with van der Waals surface area (Å²) in [6.45, 7) is 0. The monoisotopic (exact) mass is 499 g/mol. The van der Waals surface area contributed by atoms with Gasteiger partial charge >= 0.3 is 0 Å². The van der Waals surface area contributed by atoms with Crippen molar-refractivity contribution >= 4 is 58.7 Å². The van der Waals surface area contributed by atoms with Gasteiger partial charge in [-0.2, -0.15) is 5.10 Å². The number of halogens is 2. The number of rotatable bonds is 6. The van der Waals surface area contributed by atoms with Crippen LogP contribution in [0.1, 0.15) is 26.9 Å². The van der Waals surface area contributed by atoms with E-state index in [2.05, 4.69) is 10.5 Å². The topological polar surface area (TPSA) is 71.0 Å². The highest BCUT2D eigenvalue weighted by Gasteiger charge is 2.34. The smallest absolute Gasteiger partial charge is 0.271 e. The molecular formula is C24H19Cl2N3O3S. The van der Waals surface area contributed by atoms with Gasteiger partial charge in [0, 0.05) is 21.8 Å². The molecule has 1 N–H and O–H groups in total. The first-order valence-electron chi connectivity index (χ1n) is 9.92. The number of anilines is 1. The summed E-state index contributed by atoms with van der Waals surface area (Å²) in [4.78, 5) is 26.8. The maximum absolute atomic E-state index is 12.6. The quantitative estimate of drug-likeness (QED) is 0.356. The summed E-state index contributed by atoms with van der Waals surface area (Å²) in [5, 5.41) is 4.77. The van der Waals surface area contributed by atoms with E-state index in [9.17, 15) is 9.59 Å². The van der Waals surface area contributed by atoms with E-state index in [4.69, 9.17) is 27.9 Å². The van der Waals surface area contributed by atoms with Crippen LogP contribution < -0.4 is 15.1 Å². The zero-order valence-corrected chi connectivity index (χ0v) is 19.8. The van der Waals surface area contributed by atoms with Gasteiger partial charge in [0.25, 0.3) is 5.91 Å². The average molecular weight is 500 g/mol. The molecule has 0 bridgehead atoms. The lowest BCUT2D eigenvalue weighted by Crippen LogP contribution is -2.28. The number of ether oxygens (including phenoxy) is 1. The van der Waals surface area contributed by atoms with Gasteiger partial charge < -0.3 is 4.74 Å². The Morgan fingerprint density at radius 1 is 1.12 bits per heavy atom. The molecule has 1 saturated heterocycles. The van der Waals surface area contributed by atoms with Gasteiger partial charge in [-0.1, -0.05) is 41.4 Å². The number of carbonyl (C=O) groups is 2. The summed E-state index contributed by atoms with van der Waals surface area (Å²) >= 11 is 13.5. The molecule has 0 unspecified atom stereocenters. The Balaban J connectivity index is 1.45. The fraction of sp³-hybridized carbons (Fsp3) is 0.125. The van der Waals surface area contributed by atoms with Gasteiger partial charge in [-0.3, -0.25) is 14.5 Å². The molecule has 1 atom stereocenters. The molecule has 6 nitrogen and oxygen atoms in total. The van der Waals surface area contributed by atoms with E-state index in [1.807, 2.05) is 24.3 Å². The standard InChI is InChI=1S/C24H19Cl2N3O3S/c1-32-20-10-5-16(6-11-20)24-29(22(30)14-33-24)19-8-3-15(4-9-19)23(31)28-27-13-17-2-7-18(25)12-21(17)26/h2-13,24H,14H2,1H3,(H,28,31)/b27-13-/t24-/m0/s1. The number of amides is 2. The number of nitrogens with zero attached hydrogens (tertiary/aromatic N) is 2. The number of nitrogens with one attached hydrogen (secondary N) is 1. The van der Waals surface area contributed by atoms with Crippen LogP contribution in [0, 0.1) is 0 Å². The fourth-order valence-electron chi connectivity index (χ4n) is 3.32. The van der Waals surface area contributed by atoms with Crippen molar-refractivity contribution in [1.82, 2.24) is 5.43 Å². The first-order valence-corrected chi connectivity index (χ1v) is 11.7. The molecule has 0 spiro atoms. The normalized spacial score (nSPS) is 15.8. The van der Waals surface area contributed by atoms with Crippen LogP contribution in [0.2, 0.25) is 10.0 Å². The summed E-state index contributed by atoms with van der Waals surface area (Å²) in [5.41, 5.74) is 5.25. The molecule has 168 valence electrons. The van der Waals surface area contributed by atoms with Gasteiger partial charge in [-0.15, -0.1) is 11.8 Å². The molecule has 0 radical (unpaired) electrons. The first kappa shape index (κ1) is 23.2. The Morgan fingerprint density at radius 3 is 2.52 bits per heavy atom. The third kappa shape index (κ3) is 5.33. The number of hydrogen-bond donors (Lipinski definition) is 1. The average Bonchev–Trinajstić information content (AvgIpc) is 3.21. The first-order chi connectivity index (χ1) is 16.0. The Morgan fingerprint density at radius 2 is 1.85 bits per heavy atom. The predicted octanol–water partition coefficient (Wildman–Crippen LogP) is 5.54. The highest BCUT2D eigenvalue weighted by atomic mass is 35.5. The van der Waals surface area contributed by atoms with Crippen molar-refractivity contribution in [2.45, 2.75) is 5.37 Å². The van der Waals surface area contributed by atoms with Crippen LogP contribution in [0.25, 0.3) is 0 Å². The minimum absolute atomic E-state index is 0.0162. The molecule has 1 aliphatic heterocycles. The van der Waals surface area contributed by atoms with Crippen LogP contribution in [0.4, 0.5) is 5.69 Å². The lowest BCUT2D eigenvalue weighted by atomic mass is 10.1. The number of thioether (sulfide) groups is 1. The van der Waals surface area contributed by atoms with Crippen LogP contribution in [0.15, 0.2) is 71.8 Å². The Kier molecular flexibility index (Phi) is 7.23. The van der Waals surface area contributed by atoms with Gasteiger partial charge in [0.2, 0.25) is 5.91 Å². The van der Waals surface area contributed by atoms with E-state index < -0.39 is 0 Å². The summed E-state index contributed by atoms with van der Waals surface area (Å²) in [5.74, 6) is 0.788. The highest BCUT2D eigenvalue weighted by Crippen LogP contribution is 2.42. The Hall–Kier alpha value is -3.00. The molecule has 2 amide bonds. The lowest BCUT2D eigenvalue weighted by molar-refractivity contribution is -0.115. The van der Waals surface area contributed by atoms with Crippen LogP contribution in [-0.4, -0.2) is 30.9 Å². The Labute approximate surface area is 205 Å². The van der Waals surface area contributed by atoms with E-state index in [-0.39, 0.29) is 17.2 Å². The van der Waals surface area contributed by atoms with E-state index in [1.165, 1.54) is 6.21 Å². The van der Waals surface area contributed by atoms with E-state index >= 15 is 0 Å². The lowest BCUT2D eigenvalue weighted by Gasteiger charge is -2.24. The maximum atomic E-state index is 12.6. The highest BCUT2D eigenvalue weighted by molar-refractivity contribution is 8.00. The van der Waals surface area contributed by atoms with Gasteiger partial charge in [0.05, 0.1) is 24.1 Å². The number of benzene rings is 3. The molecule has 9 heteroatoms. The van der Waals surface area contributed by atoms with Crippen molar-refractivity contribution in [3.05, 3.63) is 93.5 Å². The van der Waals surface area contributed by atoms with Crippen molar-refractivity contribution in [3.8, 4) is 5.75 Å². The molecule has 0 aromatic heterocycles. The molecule has 33 heavy (non-hydrogen) atoms. The molecule has 0 saturated carbocycles. The summed E-state index contributed by atoms with van der Waals surface area (Å²) in [6, 6.07) is 19.5. The molecule has 1 heterocycles. The third-order valence-electron chi connectivity index (χ3n) is 5.01. The number of methoxy groups -OCH3 is 1. The van der Waals surface area contributed by atoms with Crippen LogP contribution in [0.3, 0.4) is 0 Å². The van der Waals surface area contributed by atoms with Gasteiger partial charge in [0.15, 0.2) is 0 Å². The molecular weight excluding hydrogens is 481 g/mol. The van der Waals surface area contributed by atoms with Crippen LogP contribution in [0.5, 0.6) is 5.75 Å². The van der Waals surface area contributed by atoms with Crippen molar-refractivity contribution in [2.75, 3.05) is 17.8 Å². The maximum Gasteiger partial charge on any atom is 0.271 e. The van der Waals surface area contributed by atoms with E-state index in [0.29, 0.717) is 26.9 Å². The second-order valence-electron chi connectivity index (χ2n) is 7.11. The number of hydrazone groups is 1. The van der Waals surface area contributed by atoms with Crippen LogP contribution >= 0.6 is 35.0 Å². The molecule has 3 aromatic rings. The second-order valence-corrected chi connectivity index (χ2v) is 9.02. The fourth-order valence-corrected chi connectivity index (χ4v) is 4.96. The molecule has 4 rings (SSSR count). The van der Waals surface area contributed by atoms with Crippen molar-refractivity contribution in [1.29, 1.82) is 0 Å². The van der Waals surface area contributed by atoms with Crippen molar-refractivity contribution in [2.24, 2.45) is 5.10 Å². The number of hydrogen-bond acceptors (Lipinski definition) is 5. The molecule has 1 aliphatic rings. The molecule has 0 aliphatic carbocycles. The summed E-state index contributed by atoms with van der Waals surface area (Å²) in [7, 11) is 1.62. The van der Waals surface area contributed by atoms with Gasteiger partial charge in [-0.05, 0) is 54.1 Å². The van der Waals surface area contributed by atoms with Gasteiger partial charge in [0.1, 0.15) is 11.1 Å². The largest absolute Gasteiger partial charge is 0.497 e. The molecule has 1 fully saturated rings. The number of carbonyl (C=O) groups excluding carboxylic acids is 2. The SMILES string of the molecule is COc1ccc([C@@H]2SCC(=O)N2c2ccc(C(=O)N/N=C\c3ccc(Cl)cc3Cl)cc2)cc1. The van der Waals surface area contributed by atoms with Gasteiger partial charge in [-0.25, -0.2) is 5.43 Å². The minimum atomic E-state index is -0.378. The molecule has 3 aromatic carbocycles. The summed E-state index contributed by atoms with van der Waals surface area (Å²) < 4.78 is 5.22. The van der Waals surface area contributed by atoms with Crippen molar-refractivity contribution in [3.63, 3.8) is 0 Å².